The van der Waals surface area contributed by atoms with E-state index in [0.717, 1.165) is 0 Å². The Hall–Kier alpha value is -2.92. The van der Waals surface area contributed by atoms with E-state index < -0.39 is 24.9 Å². The molecule has 0 bridgehead atoms. The SMILES string of the molecule is NCCn1cc(C(=O)NC2Cc3cccc(C(=O)O)c3OB2O)nn1. The fourth-order valence-corrected chi connectivity index (χ4v) is 2.60. The predicted octanol–water partition coefficient (Wildman–Crippen LogP) is -1.31. The lowest BCUT2D eigenvalue weighted by Crippen LogP contribution is -2.53. The smallest absolute Gasteiger partial charge is 0.534 e. The van der Waals surface area contributed by atoms with Crippen molar-refractivity contribution >= 4 is 19.0 Å². The predicted molar refractivity (Wildman–Crippen MR) is 86.0 cm³/mol. The molecule has 2 aromatic rings. The van der Waals surface area contributed by atoms with E-state index in [0.29, 0.717) is 18.7 Å². The van der Waals surface area contributed by atoms with Crippen LogP contribution >= 0.6 is 0 Å². The zero-order chi connectivity index (χ0) is 18.0. The first kappa shape index (κ1) is 16.9. The van der Waals surface area contributed by atoms with Crippen LogP contribution in [0.25, 0.3) is 0 Å². The number of carbonyl (C=O) groups is 2. The molecule has 0 radical (unpaired) electrons. The molecule has 0 spiro atoms. The van der Waals surface area contributed by atoms with Crippen LogP contribution in [0.3, 0.4) is 0 Å². The Morgan fingerprint density at radius 3 is 3.00 bits per heavy atom. The number of benzene rings is 1. The van der Waals surface area contributed by atoms with E-state index in [9.17, 15) is 19.7 Å². The first-order valence-electron chi connectivity index (χ1n) is 7.60. The quantitative estimate of drug-likeness (QED) is 0.487. The molecule has 3 rings (SSSR count). The van der Waals surface area contributed by atoms with Gasteiger partial charge in [-0.2, -0.15) is 0 Å². The van der Waals surface area contributed by atoms with Gasteiger partial charge in [0.1, 0.15) is 5.75 Å². The van der Waals surface area contributed by atoms with Crippen LogP contribution < -0.4 is 15.7 Å². The highest BCUT2D eigenvalue weighted by Gasteiger charge is 2.38. The zero-order valence-corrected chi connectivity index (χ0v) is 13.1. The molecule has 0 aliphatic carbocycles. The van der Waals surface area contributed by atoms with Gasteiger partial charge >= 0.3 is 13.1 Å². The van der Waals surface area contributed by atoms with Gasteiger partial charge in [-0.3, -0.25) is 9.48 Å². The summed E-state index contributed by atoms with van der Waals surface area (Å²) < 4.78 is 6.76. The minimum atomic E-state index is -1.38. The largest absolute Gasteiger partial charge is 0.547 e. The van der Waals surface area contributed by atoms with Gasteiger partial charge in [-0.15, -0.1) is 5.10 Å². The van der Waals surface area contributed by atoms with E-state index in [1.807, 2.05) is 0 Å². The highest BCUT2D eigenvalue weighted by molar-refractivity contribution is 6.47. The molecule has 0 fully saturated rings. The van der Waals surface area contributed by atoms with Crippen molar-refractivity contribution in [2.24, 2.45) is 5.73 Å². The molecule has 1 unspecified atom stereocenters. The lowest BCUT2D eigenvalue weighted by atomic mass is 9.72. The average Bonchev–Trinajstić information content (AvgIpc) is 3.04. The van der Waals surface area contributed by atoms with E-state index in [1.165, 1.54) is 16.9 Å². The van der Waals surface area contributed by atoms with Crippen molar-refractivity contribution in [3.63, 3.8) is 0 Å². The number of carbonyl (C=O) groups excluding carboxylic acids is 1. The molecular weight excluding hydrogens is 329 g/mol. The second kappa shape index (κ2) is 6.91. The van der Waals surface area contributed by atoms with Gasteiger partial charge in [-0.25, -0.2) is 4.79 Å². The van der Waals surface area contributed by atoms with E-state index >= 15 is 0 Å². The van der Waals surface area contributed by atoms with Gasteiger partial charge in [0.2, 0.25) is 0 Å². The topological polar surface area (TPSA) is 153 Å². The van der Waals surface area contributed by atoms with E-state index in [-0.39, 0.29) is 23.4 Å². The van der Waals surface area contributed by atoms with Gasteiger partial charge in [0.05, 0.1) is 24.2 Å². The summed E-state index contributed by atoms with van der Waals surface area (Å²) in [4.78, 5) is 23.5. The van der Waals surface area contributed by atoms with E-state index in [2.05, 4.69) is 15.6 Å². The van der Waals surface area contributed by atoms with Crippen LogP contribution in [0, 0.1) is 0 Å². The average molecular weight is 345 g/mol. The van der Waals surface area contributed by atoms with E-state index in [1.54, 1.807) is 12.1 Å². The Kier molecular flexibility index (Phi) is 4.68. The number of aromatic carboxylic acids is 1. The van der Waals surface area contributed by atoms with Crippen LogP contribution in [0.4, 0.5) is 0 Å². The maximum atomic E-state index is 12.2. The van der Waals surface area contributed by atoms with Gasteiger partial charge in [0.25, 0.3) is 5.91 Å². The molecule has 1 aliphatic rings. The number of carboxylic acid groups (broad SMARTS) is 1. The fourth-order valence-electron chi connectivity index (χ4n) is 2.60. The van der Waals surface area contributed by atoms with Crippen LogP contribution in [0.2, 0.25) is 0 Å². The monoisotopic (exact) mass is 345 g/mol. The molecular formula is C14H16BN5O5. The van der Waals surface area contributed by atoms with Gasteiger partial charge in [-0.1, -0.05) is 17.3 Å². The maximum absolute atomic E-state index is 12.2. The van der Waals surface area contributed by atoms with Crippen molar-refractivity contribution < 1.29 is 24.4 Å². The van der Waals surface area contributed by atoms with Gasteiger partial charge in [0.15, 0.2) is 5.69 Å². The molecule has 1 atom stereocenters. The van der Waals surface area contributed by atoms with Crippen molar-refractivity contribution in [2.45, 2.75) is 18.9 Å². The standard InChI is InChI=1S/C14H16BN5O5/c16-4-5-20-7-10(18-19-20)13(21)17-11-6-8-2-1-3-9(14(22)23)12(8)25-15(11)24/h1-3,7,11,24H,4-6,16H2,(H,17,21)(H,22,23). The van der Waals surface area contributed by atoms with Crippen LogP contribution in [0.15, 0.2) is 24.4 Å². The van der Waals surface area contributed by atoms with Crippen LogP contribution in [0.5, 0.6) is 5.75 Å². The highest BCUT2D eigenvalue weighted by Crippen LogP contribution is 2.30. The minimum absolute atomic E-state index is 0.0361. The summed E-state index contributed by atoms with van der Waals surface area (Å²) in [7, 11) is -1.38. The molecule has 1 amide bonds. The number of rotatable bonds is 5. The number of aromatic nitrogens is 3. The Balaban J connectivity index is 1.74. The minimum Gasteiger partial charge on any atom is -0.534 e. The van der Waals surface area contributed by atoms with Crippen LogP contribution in [-0.4, -0.2) is 56.6 Å². The third-order valence-electron chi connectivity index (χ3n) is 3.80. The van der Waals surface area contributed by atoms with Gasteiger partial charge in [-0.05, 0) is 18.1 Å². The summed E-state index contributed by atoms with van der Waals surface area (Å²) in [5.41, 5.74) is 6.05. The van der Waals surface area contributed by atoms with Crippen molar-refractivity contribution in [3.05, 3.63) is 41.2 Å². The third kappa shape index (κ3) is 3.46. The molecule has 1 aromatic heterocycles. The van der Waals surface area contributed by atoms with Gasteiger partial charge in [0, 0.05) is 6.54 Å². The van der Waals surface area contributed by atoms with E-state index in [4.69, 9.17) is 10.4 Å². The maximum Gasteiger partial charge on any atom is 0.547 e. The van der Waals surface area contributed by atoms with Gasteiger partial charge < -0.3 is 25.8 Å². The Labute approximate surface area is 142 Å². The Morgan fingerprint density at radius 1 is 1.48 bits per heavy atom. The molecule has 1 aromatic carbocycles. The van der Waals surface area contributed by atoms with Crippen molar-refractivity contribution in [1.82, 2.24) is 20.3 Å². The number of nitrogens with two attached hydrogens (primary N) is 1. The summed E-state index contributed by atoms with van der Waals surface area (Å²) in [5.74, 6) is -2.30. The number of nitrogens with zero attached hydrogens (tertiary/aromatic N) is 3. The molecule has 10 nitrogen and oxygen atoms in total. The number of para-hydroxylation sites is 1. The summed E-state index contributed by atoms with van der Waals surface area (Å²) in [5, 5.41) is 29.4. The molecule has 5 N–H and O–H groups in total. The third-order valence-corrected chi connectivity index (χ3v) is 3.80. The number of hydrogen-bond acceptors (Lipinski definition) is 7. The summed E-state index contributed by atoms with van der Waals surface area (Å²) >= 11 is 0. The van der Waals surface area contributed by atoms with Crippen LogP contribution in [0.1, 0.15) is 26.4 Å². The summed E-state index contributed by atoms with van der Waals surface area (Å²) in [6.07, 6.45) is 1.68. The fraction of sp³-hybridized carbons (Fsp3) is 0.286. The zero-order valence-electron chi connectivity index (χ0n) is 13.1. The second-order valence-electron chi connectivity index (χ2n) is 5.55. The normalized spacial score (nSPS) is 16.1. The molecule has 1 aliphatic heterocycles. The number of hydrogen-bond donors (Lipinski definition) is 4. The molecule has 0 saturated carbocycles. The molecule has 11 heteroatoms. The Morgan fingerprint density at radius 2 is 2.28 bits per heavy atom. The second-order valence-corrected chi connectivity index (χ2v) is 5.55. The van der Waals surface area contributed by atoms with Crippen molar-refractivity contribution in [1.29, 1.82) is 0 Å². The number of carboxylic acids is 1. The molecule has 2 heterocycles. The van der Waals surface area contributed by atoms with Crippen molar-refractivity contribution in [3.8, 4) is 5.75 Å². The number of fused-ring (bicyclic) bond motifs is 1. The Bertz CT molecular complexity index is 811. The first-order valence-corrected chi connectivity index (χ1v) is 7.60. The van der Waals surface area contributed by atoms with Crippen molar-refractivity contribution in [2.75, 3.05) is 6.54 Å². The highest BCUT2D eigenvalue weighted by atomic mass is 16.5. The lowest BCUT2D eigenvalue weighted by Gasteiger charge is -2.28. The number of nitrogens with one attached hydrogen (secondary N) is 1. The van der Waals surface area contributed by atoms with Crippen LogP contribution in [-0.2, 0) is 13.0 Å². The first-order chi connectivity index (χ1) is 12.0. The summed E-state index contributed by atoms with van der Waals surface area (Å²) in [6.45, 7) is 0.795. The molecule has 25 heavy (non-hydrogen) atoms. The summed E-state index contributed by atoms with van der Waals surface area (Å²) in [6, 6.07) is 4.66. The molecule has 0 saturated heterocycles. The molecule has 130 valence electrons. The lowest BCUT2D eigenvalue weighted by molar-refractivity contribution is 0.0693. The number of amides is 1.